The highest BCUT2D eigenvalue weighted by molar-refractivity contribution is 4.43. The van der Waals surface area contributed by atoms with E-state index in [2.05, 4.69) is 0 Å². The number of hydrogen-bond acceptors (Lipinski definition) is 2. The number of rotatable bonds is 2. The lowest BCUT2D eigenvalue weighted by Gasteiger charge is -2.03. The second-order valence-electron chi connectivity index (χ2n) is 1.14. The number of halogens is 2. The van der Waals surface area contributed by atoms with E-state index in [0.29, 0.717) is 0 Å². The zero-order valence-electron chi connectivity index (χ0n) is 3.56. The van der Waals surface area contributed by atoms with Crippen LogP contribution in [0.15, 0.2) is 0 Å². The van der Waals surface area contributed by atoms with Crippen molar-refractivity contribution < 1.29 is 19.0 Å². The van der Waals surface area contributed by atoms with Gasteiger partial charge in [-0.15, -0.1) is 0 Å². The van der Waals surface area contributed by atoms with E-state index in [1.54, 1.807) is 0 Å². The number of alkyl halides is 2. The van der Waals surface area contributed by atoms with E-state index in [1.807, 2.05) is 0 Å². The third-order valence-corrected chi connectivity index (χ3v) is 0.413. The largest absolute Gasteiger partial charge is 0.396 e. The highest BCUT2D eigenvalue weighted by Gasteiger charge is 2.22. The fourth-order valence-electron chi connectivity index (χ4n) is 0.135. The Morgan fingerprint density at radius 2 is 1.86 bits per heavy atom. The van der Waals surface area contributed by atoms with Crippen molar-refractivity contribution in [2.75, 3.05) is 6.61 Å². The first-order valence-electron chi connectivity index (χ1n) is 1.77. The van der Waals surface area contributed by atoms with Crippen LogP contribution >= 0.6 is 0 Å². The van der Waals surface area contributed by atoms with Crippen molar-refractivity contribution in [3.8, 4) is 0 Å². The number of aliphatic hydroxyl groups is 2. The van der Waals surface area contributed by atoms with Crippen LogP contribution in [-0.2, 0) is 0 Å². The van der Waals surface area contributed by atoms with E-state index in [0.717, 1.165) is 0 Å². The standard InChI is InChI=1S/C3H6F2O2/c4-3(5,7)1-2-6/h6-7H,1-2H2. The second-order valence-corrected chi connectivity index (χ2v) is 1.14. The topological polar surface area (TPSA) is 40.5 Å². The van der Waals surface area contributed by atoms with Crippen LogP contribution in [0.25, 0.3) is 0 Å². The van der Waals surface area contributed by atoms with Crippen LogP contribution in [0.1, 0.15) is 6.42 Å². The van der Waals surface area contributed by atoms with Gasteiger partial charge in [0.05, 0.1) is 13.0 Å². The SMILES string of the molecule is OCCC(O)(F)F. The van der Waals surface area contributed by atoms with Gasteiger partial charge in [-0.25, -0.2) is 0 Å². The molecule has 0 atom stereocenters. The highest BCUT2D eigenvalue weighted by atomic mass is 19.3. The van der Waals surface area contributed by atoms with Crippen molar-refractivity contribution in [2.45, 2.75) is 12.5 Å². The summed E-state index contributed by atoms with van der Waals surface area (Å²) in [6.45, 7) is -0.691. The van der Waals surface area contributed by atoms with Crippen molar-refractivity contribution in [3.63, 3.8) is 0 Å². The summed E-state index contributed by atoms with van der Waals surface area (Å²) in [5, 5.41) is 15.3. The summed E-state index contributed by atoms with van der Waals surface area (Å²) in [4.78, 5) is 0. The maximum Gasteiger partial charge on any atom is 0.355 e. The molecule has 44 valence electrons. The summed E-state index contributed by atoms with van der Waals surface area (Å²) in [7, 11) is 0. The molecule has 0 aromatic heterocycles. The van der Waals surface area contributed by atoms with E-state index in [1.165, 1.54) is 0 Å². The summed E-state index contributed by atoms with van der Waals surface area (Å²) in [6, 6.07) is 0. The van der Waals surface area contributed by atoms with Gasteiger partial charge in [0.25, 0.3) is 0 Å². The molecule has 0 radical (unpaired) electrons. The van der Waals surface area contributed by atoms with E-state index < -0.39 is 19.1 Å². The monoisotopic (exact) mass is 112 g/mol. The summed E-state index contributed by atoms with van der Waals surface area (Å²) in [5.41, 5.74) is 0. The third kappa shape index (κ3) is 5.78. The molecule has 7 heavy (non-hydrogen) atoms. The first kappa shape index (κ1) is 6.78. The molecule has 0 bridgehead atoms. The predicted octanol–water partition coefficient (Wildman–Crippen LogP) is -0.0461. The Morgan fingerprint density at radius 1 is 1.43 bits per heavy atom. The molecule has 2 nitrogen and oxygen atoms in total. The summed E-state index contributed by atoms with van der Waals surface area (Å²) < 4.78 is 22.2. The molecule has 0 aliphatic carbocycles. The molecule has 0 amide bonds. The second kappa shape index (κ2) is 2.18. The summed E-state index contributed by atoms with van der Waals surface area (Å²) in [6.07, 6.45) is -4.58. The van der Waals surface area contributed by atoms with Crippen LogP contribution in [0, 0.1) is 0 Å². The molecule has 0 saturated carbocycles. The molecule has 2 N–H and O–H groups in total. The third-order valence-electron chi connectivity index (χ3n) is 0.413. The molecule has 0 unspecified atom stereocenters. The smallest absolute Gasteiger partial charge is 0.355 e. The van der Waals surface area contributed by atoms with E-state index >= 15 is 0 Å². The van der Waals surface area contributed by atoms with Crippen LogP contribution in [0.3, 0.4) is 0 Å². The van der Waals surface area contributed by atoms with Gasteiger partial charge in [0, 0.05) is 0 Å². The first-order chi connectivity index (χ1) is 3.06. The Bertz CT molecular complexity index is 49.4. The first-order valence-corrected chi connectivity index (χ1v) is 1.77. The summed E-state index contributed by atoms with van der Waals surface area (Å²) in [5.74, 6) is 0. The Kier molecular flexibility index (Phi) is 2.11. The lowest BCUT2D eigenvalue weighted by molar-refractivity contribution is -0.207. The van der Waals surface area contributed by atoms with E-state index in [4.69, 9.17) is 10.2 Å². The fourth-order valence-corrected chi connectivity index (χ4v) is 0.135. The lowest BCUT2D eigenvalue weighted by Crippen LogP contribution is -2.15. The number of aliphatic hydroxyl groups excluding tert-OH is 1. The molecular weight excluding hydrogens is 106 g/mol. The van der Waals surface area contributed by atoms with Crippen molar-refractivity contribution in [1.82, 2.24) is 0 Å². The van der Waals surface area contributed by atoms with Gasteiger partial charge in [0.15, 0.2) is 0 Å². The maximum absolute atomic E-state index is 11.1. The zero-order chi connectivity index (χ0) is 5.91. The highest BCUT2D eigenvalue weighted by Crippen LogP contribution is 2.10. The van der Waals surface area contributed by atoms with Crippen molar-refractivity contribution in [2.24, 2.45) is 0 Å². The molecule has 0 aromatic rings. The summed E-state index contributed by atoms with van der Waals surface area (Å²) >= 11 is 0. The average molecular weight is 112 g/mol. The van der Waals surface area contributed by atoms with Crippen LogP contribution in [0.5, 0.6) is 0 Å². The molecule has 0 aromatic carbocycles. The molecule has 0 fully saturated rings. The van der Waals surface area contributed by atoms with Crippen molar-refractivity contribution in [3.05, 3.63) is 0 Å². The molecule has 0 aliphatic rings. The fraction of sp³-hybridized carbons (Fsp3) is 1.00. The van der Waals surface area contributed by atoms with E-state index in [-0.39, 0.29) is 0 Å². The molecule has 0 saturated heterocycles. The Labute approximate surface area is 39.4 Å². The van der Waals surface area contributed by atoms with Gasteiger partial charge < -0.3 is 10.2 Å². The van der Waals surface area contributed by atoms with Gasteiger partial charge in [0.1, 0.15) is 0 Å². The Morgan fingerprint density at radius 3 is 1.86 bits per heavy atom. The lowest BCUT2D eigenvalue weighted by atomic mass is 10.4. The van der Waals surface area contributed by atoms with Gasteiger partial charge in [-0.3, -0.25) is 0 Å². The maximum atomic E-state index is 11.1. The zero-order valence-corrected chi connectivity index (χ0v) is 3.56. The molecule has 0 aliphatic heterocycles. The van der Waals surface area contributed by atoms with Crippen LogP contribution in [-0.4, -0.2) is 22.9 Å². The molecular formula is C3H6F2O2. The normalized spacial score (nSPS) is 12.0. The molecule has 4 heteroatoms. The predicted molar refractivity (Wildman–Crippen MR) is 18.9 cm³/mol. The molecule has 0 heterocycles. The Hall–Kier alpha value is -0.220. The van der Waals surface area contributed by atoms with Gasteiger partial charge >= 0.3 is 6.11 Å². The minimum atomic E-state index is -3.70. The molecule has 0 rings (SSSR count). The minimum Gasteiger partial charge on any atom is -0.396 e. The average Bonchev–Trinajstić information content (AvgIpc) is 1.30. The van der Waals surface area contributed by atoms with Gasteiger partial charge in [-0.05, 0) is 0 Å². The van der Waals surface area contributed by atoms with Gasteiger partial charge in [0.2, 0.25) is 0 Å². The number of hydrogen-bond donors (Lipinski definition) is 2. The van der Waals surface area contributed by atoms with Crippen LogP contribution < -0.4 is 0 Å². The van der Waals surface area contributed by atoms with Crippen LogP contribution in [0.4, 0.5) is 8.78 Å². The van der Waals surface area contributed by atoms with E-state index in [9.17, 15) is 8.78 Å². The quantitative estimate of drug-likeness (QED) is 0.526. The van der Waals surface area contributed by atoms with Crippen LogP contribution in [0.2, 0.25) is 0 Å². The van der Waals surface area contributed by atoms with Gasteiger partial charge in [-0.1, -0.05) is 0 Å². The molecule has 0 spiro atoms. The Balaban J connectivity index is 3.15. The minimum absolute atomic E-state index is 0.691. The van der Waals surface area contributed by atoms with Crippen molar-refractivity contribution >= 4 is 0 Å². The van der Waals surface area contributed by atoms with Crippen molar-refractivity contribution in [1.29, 1.82) is 0 Å². The van der Waals surface area contributed by atoms with Gasteiger partial charge in [-0.2, -0.15) is 8.78 Å².